The molecule has 31 heavy (non-hydrogen) atoms. The summed E-state index contributed by atoms with van der Waals surface area (Å²) in [7, 11) is 0. The average Bonchev–Trinajstić information content (AvgIpc) is 3.48. The lowest BCUT2D eigenvalue weighted by molar-refractivity contribution is -0.118. The normalized spacial score (nSPS) is 17.4. The minimum atomic E-state index is -0.275. The van der Waals surface area contributed by atoms with Crippen molar-refractivity contribution in [2.45, 2.75) is 70.8 Å². The van der Waals surface area contributed by atoms with E-state index in [-0.39, 0.29) is 17.5 Å². The van der Waals surface area contributed by atoms with Gasteiger partial charge in [0.15, 0.2) is 5.82 Å². The van der Waals surface area contributed by atoms with Crippen LogP contribution < -0.4 is 22.2 Å². The third kappa shape index (κ3) is 8.56. The lowest BCUT2D eigenvalue weighted by Crippen LogP contribution is -2.34. The number of aryl methyl sites for hydroxylation is 1. The first-order valence-corrected chi connectivity index (χ1v) is 11.5. The molecule has 6 N–H and O–H groups in total. The molecule has 0 spiro atoms. The number of nitrogens with two attached hydrogens (primary N) is 2. The maximum atomic E-state index is 12.2. The summed E-state index contributed by atoms with van der Waals surface area (Å²) >= 11 is 0. The van der Waals surface area contributed by atoms with Crippen LogP contribution in [0.25, 0.3) is 0 Å². The first-order valence-electron chi connectivity index (χ1n) is 11.5. The molecule has 2 aliphatic rings. The zero-order chi connectivity index (χ0) is 22.1. The molecule has 0 bridgehead atoms. The Balaban J connectivity index is 1.29. The van der Waals surface area contributed by atoms with Crippen molar-refractivity contribution in [3.8, 4) is 0 Å². The van der Waals surface area contributed by atoms with Crippen LogP contribution in [0.3, 0.4) is 0 Å². The Hall–Kier alpha value is -2.62. The van der Waals surface area contributed by atoms with Gasteiger partial charge in [0.05, 0.1) is 6.20 Å². The Labute approximate surface area is 183 Å². The number of hydrogen-bond acceptors (Lipinski definition) is 7. The van der Waals surface area contributed by atoms with Gasteiger partial charge in [-0.2, -0.15) is 0 Å². The summed E-state index contributed by atoms with van der Waals surface area (Å²) in [5.41, 5.74) is 5.91. The predicted octanol–water partition coefficient (Wildman–Crippen LogP) is 1.47. The first-order chi connectivity index (χ1) is 15.0. The van der Waals surface area contributed by atoms with Crippen LogP contribution in [0.2, 0.25) is 0 Å². The van der Waals surface area contributed by atoms with E-state index in [9.17, 15) is 9.59 Å². The van der Waals surface area contributed by atoms with Crippen LogP contribution in [0.15, 0.2) is 18.1 Å². The van der Waals surface area contributed by atoms with Gasteiger partial charge in [-0.3, -0.25) is 14.3 Å². The fourth-order valence-electron chi connectivity index (χ4n) is 3.84. The first kappa shape index (κ1) is 23.1. The molecule has 1 heterocycles. The summed E-state index contributed by atoms with van der Waals surface area (Å²) in [6, 6.07) is 0. The monoisotopic (exact) mass is 432 g/mol. The number of carbonyl (C=O) groups excluding carboxylic acids is 2. The van der Waals surface area contributed by atoms with Crippen LogP contribution in [0, 0.1) is 11.8 Å². The third-order valence-electron chi connectivity index (χ3n) is 5.87. The SMILES string of the molecule is N/C(=C\N(N)CCCCn1cc(NC(=O)CC2CCCCC2)nn1)C(=O)NCC1CC1. The van der Waals surface area contributed by atoms with Gasteiger partial charge in [0.2, 0.25) is 5.91 Å². The second kappa shape index (κ2) is 11.7. The van der Waals surface area contributed by atoms with E-state index in [0.29, 0.717) is 43.7 Å². The number of nitrogens with one attached hydrogen (secondary N) is 2. The van der Waals surface area contributed by atoms with Gasteiger partial charge in [-0.25, -0.2) is 5.84 Å². The maximum Gasteiger partial charge on any atom is 0.268 e. The van der Waals surface area contributed by atoms with E-state index in [1.807, 2.05) is 0 Å². The molecule has 1 aromatic heterocycles. The number of unbranched alkanes of at least 4 members (excludes halogenated alkanes) is 1. The van der Waals surface area contributed by atoms with Gasteiger partial charge in [-0.1, -0.05) is 24.5 Å². The van der Waals surface area contributed by atoms with E-state index in [2.05, 4.69) is 20.9 Å². The fourth-order valence-corrected chi connectivity index (χ4v) is 3.84. The highest BCUT2D eigenvalue weighted by molar-refractivity contribution is 5.92. The van der Waals surface area contributed by atoms with Gasteiger partial charge >= 0.3 is 0 Å². The predicted molar refractivity (Wildman–Crippen MR) is 118 cm³/mol. The Morgan fingerprint density at radius 3 is 2.68 bits per heavy atom. The van der Waals surface area contributed by atoms with Gasteiger partial charge in [0, 0.05) is 32.3 Å². The molecule has 0 aromatic carbocycles. The van der Waals surface area contributed by atoms with E-state index < -0.39 is 0 Å². The molecule has 2 aliphatic carbocycles. The van der Waals surface area contributed by atoms with Crippen molar-refractivity contribution in [3.63, 3.8) is 0 Å². The van der Waals surface area contributed by atoms with Crippen LogP contribution >= 0.6 is 0 Å². The zero-order valence-corrected chi connectivity index (χ0v) is 18.3. The number of rotatable bonds is 12. The van der Waals surface area contributed by atoms with Crippen molar-refractivity contribution < 1.29 is 9.59 Å². The van der Waals surface area contributed by atoms with E-state index in [4.69, 9.17) is 11.6 Å². The van der Waals surface area contributed by atoms with E-state index >= 15 is 0 Å². The number of hydrogen-bond donors (Lipinski definition) is 4. The Morgan fingerprint density at radius 2 is 1.94 bits per heavy atom. The molecule has 10 nitrogen and oxygen atoms in total. The second-order valence-electron chi connectivity index (χ2n) is 8.81. The maximum absolute atomic E-state index is 12.2. The summed E-state index contributed by atoms with van der Waals surface area (Å²) in [4.78, 5) is 24.1. The Bertz CT molecular complexity index is 752. The Morgan fingerprint density at radius 1 is 1.16 bits per heavy atom. The van der Waals surface area contributed by atoms with Crippen molar-refractivity contribution in [1.29, 1.82) is 0 Å². The third-order valence-corrected chi connectivity index (χ3v) is 5.87. The standard InChI is InChI=1S/C21H36N8O2/c22-18(21(31)24-13-17-8-9-17)14-28(23)10-4-5-11-29-15-19(26-27-29)25-20(30)12-16-6-2-1-3-7-16/h14-17H,1-13,22-23H2,(H,24,31)(H,25,30)/b18-14-. The van der Waals surface area contributed by atoms with Crippen LogP contribution in [0.5, 0.6) is 0 Å². The molecule has 0 saturated heterocycles. The fraction of sp³-hybridized carbons (Fsp3) is 0.714. The highest BCUT2D eigenvalue weighted by Crippen LogP contribution is 2.27. The summed E-state index contributed by atoms with van der Waals surface area (Å²) in [6.45, 7) is 1.91. The van der Waals surface area contributed by atoms with Gasteiger partial charge in [0.25, 0.3) is 5.91 Å². The van der Waals surface area contributed by atoms with E-state index in [1.54, 1.807) is 10.9 Å². The van der Waals surface area contributed by atoms with Crippen molar-refractivity contribution in [2.75, 3.05) is 18.4 Å². The van der Waals surface area contributed by atoms with Crippen molar-refractivity contribution in [3.05, 3.63) is 18.1 Å². The molecule has 2 amide bonds. The van der Waals surface area contributed by atoms with Gasteiger partial charge < -0.3 is 21.4 Å². The smallest absolute Gasteiger partial charge is 0.268 e. The topological polar surface area (TPSA) is 144 Å². The van der Waals surface area contributed by atoms with Crippen LogP contribution in [-0.4, -0.2) is 44.9 Å². The lowest BCUT2D eigenvalue weighted by atomic mass is 9.87. The number of aromatic nitrogens is 3. The quantitative estimate of drug-likeness (QED) is 0.169. The van der Waals surface area contributed by atoms with Crippen LogP contribution in [0.4, 0.5) is 5.82 Å². The van der Waals surface area contributed by atoms with E-state index in [1.165, 1.54) is 43.3 Å². The van der Waals surface area contributed by atoms with Crippen molar-refractivity contribution in [2.24, 2.45) is 23.4 Å². The summed E-state index contributed by atoms with van der Waals surface area (Å²) in [5.74, 6) is 7.25. The molecule has 3 rings (SSSR count). The average molecular weight is 433 g/mol. The molecule has 1 aromatic rings. The van der Waals surface area contributed by atoms with E-state index in [0.717, 1.165) is 25.7 Å². The van der Waals surface area contributed by atoms with Crippen molar-refractivity contribution in [1.82, 2.24) is 25.3 Å². The summed E-state index contributed by atoms with van der Waals surface area (Å²) < 4.78 is 1.71. The number of anilines is 1. The molecule has 0 atom stereocenters. The second-order valence-corrected chi connectivity index (χ2v) is 8.81. The van der Waals surface area contributed by atoms with Crippen LogP contribution in [0.1, 0.15) is 64.2 Å². The molecular formula is C21H36N8O2. The molecule has 0 radical (unpaired) electrons. The lowest BCUT2D eigenvalue weighted by Gasteiger charge is -2.20. The number of amides is 2. The number of nitrogens with zero attached hydrogens (tertiary/aromatic N) is 4. The minimum Gasteiger partial charge on any atom is -0.393 e. The van der Waals surface area contributed by atoms with Gasteiger partial charge in [-0.05, 0) is 50.4 Å². The summed E-state index contributed by atoms with van der Waals surface area (Å²) in [6.07, 6.45) is 13.8. The zero-order valence-electron chi connectivity index (χ0n) is 18.3. The highest BCUT2D eigenvalue weighted by atomic mass is 16.2. The van der Waals surface area contributed by atoms with Crippen LogP contribution in [-0.2, 0) is 16.1 Å². The van der Waals surface area contributed by atoms with Gasteiger partial charge in [-0.15, -0.1) is 5.10 Å². The minimum absolute atomic E-state index is 0.0169. The Kier molecular flexibility index (Phi) is 8.69. The molecule has 2 saturated carbocycles. The molecular weight excluding hydrogens is 396 g/mol. The highest BCUT2D eigenvalue weighted by Gasteiger charge is 2.22. The molecule has 172 valence electrons. The largest absolute Gasteiger partial charge is 0.393 e. The summed E-state index contributed by atoms with van der Waals surface area (Å²) in [5, 5.41) is 15.2. The number of hydrazine groups is 1. The molecule has 0 aliphatic heterocycles. The van der Waals surface area contributed by atoms with Crippen molar-refractivity contribution >= 4 is 17.6 Å². The molecule has 2 fully saturated rings. The molecule has 0 unspecified atom stereocenters. The number of carbonyl (C=O) groups is 2. The van der Waals surface area contributed by atoms with Gasteiger partial charge in [0.1, 0.15) is 5.70 Å². The molecule has 10 heteroatoms.